The normalized spacial score (nSPS) is 20.4. The third-order valence-corrected chi connectivity index (χ3v) is 8.31. The van der Waals surface area contributed by atoms with Crippen molar-refractivity contribution in [2.24, 2.45) is 0 Å². The van der Waals surface area contributed by atoms with Gasteiger partial charge in [0.15, 0.2) is 0 Å². The Hall–Kier alpha value is -4.21. The first kappa shape index (κ1) is 26.0. The number of aliphatic hydroxyl groups excluding tert-OH is 1. The van der Waals surface area contributed by atoms with Gasteiger partial charge in [0, 0.05) is 73.5 Å². The largest absolute Gasteiger partial charge is 0.393 e. The number of fused-ring (bicyclic) bond motifs is 3. The number of carbonyl (C=O) groups is 2. The minimum absolute atomic E-state index is 0.168. The molecular formula is C31H34N6O3. The van der Waals surface area contributed by atoms with Crippen molar-refractivity contribution in [3.05, 3.63) is 84.2 Å². The van der Waals surface area contributed by atoms with Crippen LogP contribution in [0.3, 0.4) is 0 Å². The van der Waals surface area contributed by atoms with E-state index in [0.717, 1.165) is 54.5 Å². The number of nitrogens with zero attached hydrogens (tertiary/aromatic N) is 4. The molecule has 0 spiro atoms. The van der Waals surface area contributed by atoms with Crippen LogP contribution in [0.2, 0.25) is 0 Å². The molecule has 2 bridgehead atoms. The van der Waals surface area contributed by atoms with Crippen LogP contribution in [0.1, 0.15) is 41.6 Å². The summed E-state index contributed by atoms with van der Waals surface area (Å²) in [6, 6.07) is 20.0. The Balaban J connectivity index is 1.12. The number of hydrogen-bond acceptors (Lipinski definition) is 6. The Labute approximate surface area is 233 Å². The fourth-order valence-corrected chi connectivity index (χ4v) is 6.15. The van der Waals surface area contributed by atoms with Crippen LogP contribution < -0.4 is 15.5 Å². The molecular weight excluding hydrogens is 504 g/mol. The van der Waals surface area contributed by atoms with Gasteiger partial charge in [-0.15, -0.1) is 0 Å². The highest BCUT2D eigenvalue weighted by Crippen LogP contribution is 2.37. The first-order valence-corrected chi connectivity index (χ1v) is 13.8. The second-order valence-corrected chi connectivity index (χ2v) is 10.8. The lowest BCUT2D eigenvalue weighted by atomic mass is 9.99. The van der Waals surface area contributed by atoms with Gasteiger partial charge in [-0.2, -0.15) is 0 Å². The van der Waals surface area contributed by atoms with Crippen molar-refractivity contribution in [1.82, 2.24) is 19.8 Å². The van der Waals surface area contributed by atoms with Crippen molar-refractivity contribution in [3.8, 4) is 0 Å². The zero-order chi connectivity index (χ0) is 27.8. The summed E-state index contributed by atoms with van der Waals surface area (Å²) < 4.78 is 1.58. The van der Waals surface area contributed by atoms with E-state index >= 15 is 0 Å². The van der Waals surface area contributed by atoms with Gasteiger partial charge in [0.05, 0.1) is 11.6 Å². The van der Waals surface area contributed by atoms with Crippen molar-refractivity contribution in [3.63, 3.8) is 0 Å². The molecule has 0 saturated carbocycles. The van der Waals surface area contributed by atoms with E-state index in [0.29, 0.717) is 23.5 Å². The summed E-state index contributed by atoms with van der Waals surface area (Å²) in [4.78, 5) is 34.0. The zero-order valence-corrected chi connectivity index (χ0v) is 22.7. The van der Waals surface area contributed by atoms with E-state index in [1.807, 2.05) is 72.6 Å². The maximum atomic E-state index is 13.0. The van der Waals surface area contributed by atoms with Gasteiger partial charge in [0.1, 0.15) is 5.82 Å². The summed E-state index contributed by atoms with van der Waals surface area (Å²) in [7, 11) is 3.56. The van der Waals surface area contributed by atoms with E-state index in [1.54, 1.807) is 24.0 Å². The Morgan fingerprint density at radius 3 is 2.45 bits per heavy atom. The summed E-state index contributed by atoms with van der Waals surface area (Å²) in [5.41, 5.74) is 4.39. The lowest BCUT2D eigenvalue weighted by molar-refractivity contribution is 0.0310. The van der Waals surface area contributed by atoms with Gasteiger partial charge in [-0.05, 0) is 73.7 Å². The van der Waals surface area contributed by atoms with Crippen LogP contribution in [-0.4, -0.2) is 63.8 Å². The molecule has 0 aliphatic carbocycles. The first-order chi connectivity index (χ1) is 19.4. The topological polar surface area (TPSA) is 103 Å². The summed E-state index contributed by atoms with van der Waals surface area (Å²) in [6.07, 6.45) is 7.29. The number of carbonyl (C=O) groups excluding carboxylic acids is 2. The Morgan fingerprint density at radius 2 is 1.73 bits per heavy atom. The smallest absolute Gasteiger partial charge is 0.325 e. The molecule has 3 N–H and O–H groups in total. The number of benzene rings is 2. The highest BCUT2D eigenvalue weighted by molar-refractivity contribution is 6.04. The predicted molar refractivity (Wildman–Crippen MR) is 156 cm³/mol. The molecule has 4 aromatic rings. The number of nitrogens with one attached hydrogen (secondary N) is 2. The van der Waals surface area contributed by atoms with Gasteiger partial charge in [-0.25, -0.2) is 9.78 Å². The van der Waals surface area contributed by atoms with Crippen LogP contribution in [0.5, 0.6) is 0 Å². The molecule has 2 aromatic heterocycles. The van der Waals surface area contributed by atoms with Crippen LogP contribution in [0.15, 0.2) is 73.1 Å². The van der Waals surface area contributed by atoms with Gasteiger partial charge < -0.3 is 20.6 Å². The summed E-state index contributed by atoms with van der Waals surface area (Å²) >= 11 is 0. The van der Waals surface area contributed by atoms with Gasteiger partial charge >= 0.3 is 6.03 Å². The number of anilines is 3. The molecule has 2 aliphatic rings. The van der Waals surface area contributed by atoms with Crippen LogP contribution >= 0.6 is 0 Å². The number of hydrogen-bond donors (Lipinski definition) is 3. The van der Waals surface area contributed by atoms with Gasteiger partial charge in [-0.1, -0.05) is 12.1 Å². The number of pyridine rings is 1. The predicted octanol–water partition coefficient (Wildman–Crippen LogP) is 4.73. The molecule has 2 aromatic carbocycles. The van der Waals surface area contributed by atoms with E-state index in [1.165, 1.54) is 5.56 Å². The molecule has 40 heavy (non-hydrogen) atoms. The number of piperidine rings is 1. The third kappa shape index (κ3) is 5.05. The second-order valence-electron chi connectivity index (χ2n) is 10.8. The van der Waals surface area contributed by atoms with Crippen molar-refractivity contribution >= 4 is 40.0 Å². The number of aromatic nitrogens is 2. The summed E-state index contributed by atoms with van der Waals surface area (Å²) in [5, 5.41) is 16.6. The minimum atomic E-state index is -0.211. The number of aliphatic hydroxyl groups is 1. The monoisotopic (exact) mass is 538 g/mol. The van der Waals surface area contributed by atoms with E-state index in [2.05, 4.69) is 20.5 Å². The molecule has 2 saturated heterocycles. The lowest BCUT2D eigenvalue weighted by Crippen LogP contribution is -2.44. The maximum absolute atomic E-state index is 13.0. The van der Waals surface area contributed by atoms with Gasteiger partial charge in [-0.3, -0.25) is 14.3 Å². The van der Waals surface area contributed by atoms with Crippen LogP contribution in [0.25, 0.3) is 10.9 Å². The molecule has 2 aliphatic heterocycles. The zero-order valence-electron chi connectivity index (χ0n) is 22.7. The molecule has 4 heterocycles. The first-order valence-electron chi connectivity index (χ1n) is 13.8. The summed E-state index contributed by atoms with van der Waals surface area (Å²) in [6.45, 7) is 0.849. The Morgan fingerprint density at radius 1 is 1.00 bits per heavy atom. The fraction of sp³-hybridized carbons (Fsp3) is 0.323. The Bertz CT molecular complexity index is 1530. The molecule has 9 nitrogen and oxygen atoms in total. The molecule has 206 valence electrons. The SMILES string of the molecule is CNC(=O)n1ccc2cc(N(C)c3ccnc(NC(=O)c4ccc(CN5[C@@H]6CC[C@H]5CC(O)C6)cc4)c3)ccc21. The molecule has 9 heteroatoms. The second kappa shape index (κ2) is 10.7. The highest BCUT2D eigenvalue weighted by Gasteiger charge is 2.39. The quantitative estimate of drug-likeness (QED) is 0.328. The fourth-order valence-electron chi connectivity index (χ4n) is 6.15. The van der Waals surface area contributed by atoms with E-state index in [-0.39, 0.29) is 18.0 Å². The van der Waals surface area contributed by atoms with E-state index < -0.39 is 0 Å². The van der Waals surface area contributed by atoms with Crippen LogP contribution in [0.4, 0.5) is 22.0 Å². The van der Waals surface area contributed by atoms with E-state index in [4.69, 9.17) is 0 Å². The molecule has 3 atom stereocenters. The lowest BCUT2D eigenvalue weighted by Gasteiger charge is -2.37. The number of rotatable bonds is 6. The molecule has 1 unspecified atom stereocenters. The molecule has 2 amide bonds. The van der Waals surface area contributed by atoms with Crippen molar-refractivity contribution < 1.29 is 14.7 Å². The molecule has 0 radical (unpaired) electrons. The minimum Gasteiger partial charge on any atom is -0.393 e. The average molecular weight is 539 g/mol. The van der Waals surface area contributed by atoms with Crippen LogP contribution in [-0.2, 0) is 6.54 Å². The van der Waals surface area contributed by atoms with E-state index in [9.17, 15) is 14.7 Å². The number of amides is 2. The molecule has 6 rings (SSSR count). The Kier molecular flexibility index (Phi) is 7.00. The van der Waals surface area contributed by atoms with Crippen LogP contribution in [0, 0.1) is 0 Å². The standard InChI is InChI=1S/C31H34N6O3/c1-32-31(40)36-14-12-22-15-23(9-10-28(22)36)35(2)24-11-13-33-29(18-24)34-30(39)21-5-3-20(4-6-21)19-37-25-7-8-26(37)17-27(38)16-25/h3-6,9-15,18,25-27,38H,7-8,16-17,19H2,1-2H3,(H,32,40)(H,33,34,39)/t25-,26+,27?. The molecule has 2 fully saturated rings. The summed E-state index contributed by atoms with van der Waals surface area (Å²) in [5.74, 6) is 0.255. The maximum Gasteiger partial charge on any atom is 0.325 e. The highest BCUT2D eigenvalue weighted by atomic mass is 16.3. The third-order valence-electron chi connectivity index (χ3n) is 8.31. The van der Waals surface area contributed by atoms with Gasteiger partial charge in [0.25, 0.3) is 5.91 Å². The van der Waals surface area contributed by atoms with Crippen molar-refractivity contribution in [1.29, 1.82) is 0 Å². The van der Waals surface area contributed by atoms with Gasteiger partial charge in [0.2, 0.25) is 0 Å². The van der Waals surface area contributed by atoms with Crippen molar-refractivity contribution in [2.75, 3.05) is 24.3 Å². The average Bonchev–Trinajstić information content (AvgIpc) is 3.49. The van der Waals surface area contributed by atoms with Crippen molar-refractivity contribution in [2.45, 2.75) is 50.4 Å².